The predicted octanol–water partition coefficient (Wildman–Crippen LogP) is 3.87. The first-order valence-corrected chi connectivity index (χ1v) is 5.74. The number of halogens is 2. The van der Waals surface area contributed by atoms with E-state index >= 15 is 0 Å². The van der Waals surface area contributed by atoms with Crippen LogP contribution in [-0.2, 0) is 0 Å². The van der Waals surface area contributed by atoms with Crippen molar-refractivity contribution in [2.45, 2.75) is 46.2 Å². The third-order valence-corrected chi connectivity index (χ3v) is 3.30. The normalized spacial score (nSPS) is 28.8. The Morgan fingerprint density at radius 3 is 2.06 bits per heavy atom. The van der Waals surface area contributed by atoms with Crippen LogP contribution in [-0.4, -0.2) is 23.5 Å². The minimum atomic E-state index is -2.67. The third kappa shape index (κ3) is 3.39. The monoisotopic (exact) mass is 495 g/mol. The summed E-state index contributed by atoms with van der Waals surface area (Å²) in [7, 11) is 0. The summed E-state index contributed by atoms with van der Waals surface area (Å²) >= 11 is 0. The zero-order chi connectivity index (χ0) is 11.8. The Bertz CT molecular complexity index is 199. The first kappa shape index (κ1) is 18.2. The number of alkyl halides is 2. The van der Waals surface area contributed by atoms with Gasteiger partial charge in [0.15, 0.2) is 0 Å². The van der Waals surface area contributed by atoms with Gasteiger partial charge in [-0.1, -0.05) is 20.3 Å². The summed E-state index contributed by atoms with van der Waals surface area (Å²) in [4.78, 5) is 1.30. The zero-order valence-corrected chi connectivity index (χ0v) is 13.5. The molecule has 0 N–H and O–H groups in total. The molecule has 1 radical (unpaired) electrons. The molecule has 1 aliphatic heterocycles. The molecule has 0 aromatic rings. The van der Waals surface area contributed by atoms with Gasteiger partial charge < -0.3 is 14.4 Å². The van der Waals surface area contributed by atoms with Crippen LogP contribution in [0.1, 0.15) is 34.1 Å². The zero-order valence-electron chi connectivity index (χ0n) is 11.4. The first-order valence-electron chi connectivity index (χ1n) is 5.74. The quantitative estimate of drug-likeness (QED) is 0.416. The summed E-state index contributed by atoms with van der Waals surface area (Å²) in [5, 5.41) is 0. The fourth-order valence-electron chi connectivity index (χ4n) is 2.42. The number of hydrogen-bond acceptors (Lipinski definition) is 1. The van der Waals surface area contributed by atoms with E-state index in [-0.39, 0.29) is 25.3 Å². The number of likely N-dealkylation sites (tertiary alicyclic amines) is 1. The first-order chi connectivity index (χ1) is 6.76. The van der Waals surface area contributed by atoms with E-state index in [1.54, 1.807) is 0 Å². The van der Waals surface area contributed by atoms with Crippen molar-refractivity contribution in [3.63, 3.8) is 0 Å². The average molecular weight is 495 g/mol. The second kappa shape index (κ2) is 5.95. The van der Waals surface area contributed by atoms with Gasteiger partial charge in [0.2, 0.25) is 0 Å². The summed E-state index contributed by atoms with van der Waals surface area (Å²) in [6.07, 6.45) is 0.536. The van der Waals surface area contributed by atoms with Gasteiger partial charge in [0.1, 0.15) is 0 Å². The number of nitrogens with zero attached hydrogens (tertiary/aromatic N) is 1. The Kier molecular flexibility index (Phi) is 6.36. The smallest absolute Gasteiger partial charge is 0.307 e. The molecule has 1 fully saturated rings. The van der Waals surface area contributed by atoms with E-state index in [1.807, 2.05) is 27.7 Å². The van der Waals surface area contributed by atoms with Gasteiger partial charge in [-0.3, -0.25) is 0 Å². The standard InChI is InChI=1S/C12H22F2N.CH3.Lr/c1-8(2)11-6-10(5)7-15(9(3)4)12(11,13)14;;/h8-11H,5-7H2,1-4H3;1H3;/q2*-1;. The van der Waals surface area contributed by atoms with E-state index in [1.165, 1.54) is 4.90 Å². The Balaban J connectivity index is 0. The van der Waals surface area contributed by atoms with Crippen molar-refractivity contribution in [1.29, 1.82) is 0 Å². The summed E-state index contributed by atoms with van der Waals surface area (Å²) in [5.74, 6) is -0.429. The molecule has 2 atom stereocenters. The average Bonchev–Trinajstić information content (AvgIpc) is 2.07. The van der Waals surface area contributed by atoms with Gasteiger partial charge in [-0.05, 0) is 26.3 Å². The molecule has 0 saturated carbocycles. The molecule has 4 heteroatoms. The Morgan fingerprint density at radius 1 is 1.24 bits per heavy atom. The number of rotatable bonds is 2. The maximum absolute atomic E-state index is 14.1. The van der Waals surface area contributed by atoms with Gasteiger partial charge in [0.25, 0.3) is 0 Å². The van der Waals surface area contributed by atoms with Gasteiger partial charge in [-0.2, -0.15) is 14.7 Å². The van der Waals surface area contributed by atoms with E-state index in [0.29, 0.717) is 13.0 Å². The maximum Gasteiger partial charge on any atom is 0.307 e. The molecule has 1 aliphatic rings. The van der Waals surface area contributed by atoms with Gasteiger partial charge in [0, 0.05) is 12.0 Å². The van der Waals surface area contributed by atoms with Crippen LogP contribution in [0, 0.1) is 32.1 Å². The molecule has 1 rings (SSSR count). The van der Waals surface area contributed by atoms with Crippen molar-refractivity contribution in [3.8, 4) is 0 Å². The van der Waals surface area contributed by atoms with Gasteiger partial charge in [-0.25, -0.2) is 4.90 Å². The van der Waals surface area contributed by atoms with Crippen molar-refractivity contribution in [2.24, 2.45) is 17.8 Å². The number of hydrogen-bond donors (Lipinski definition) is 0. The molecule has 1 heterocycles. The van der Waals surface area contributed by atoms with Crippen LogP contribution in [0.2, 0.25) is 0 Å². The molecule has 0 aliphatic carbocycles. The van der Waals surface area contributed by atoms with Crippen molar-refractivity contribution in [2.75, 3.05) is 6.54 Å². The largest absolute Gasteiger partial charge is 0.358 e. The van der Waals surface area contributed by atoms with Crippen LogP contribution >= 0.6 is 0 Å². The van der Waals surface area contributed by atoms with Crippen LogP contribution in [0.4, 0.5) is 8.78 Å². The maximum atomic E-state index is 14.1. The third-order valence-electron chi connectivity index (χ3n) is 3.30. The van der Waals surface area contributed by atoms with Gasteiger partial charge in [0.05, 0.1) is 0 Å². The fourth-order valence-corrected chi connectivity index (χ4v) is 2.42. The van der Waals surface area contributed by atoms with E-state index in [2.05, 4.69) is 6.92 Å². The summed E-state index contributed by atoms with van der Waals surface area (Å²) in [6.45, 7) is 11.7. The molecule has 0 aromatic carbocycles. The van der Waals surface area contributed by atoms with Crippen molar-refractivity contribution in [3.05, 3.63) is 14.4 Å². The molecule has 0 bridgehead atoms. The molecule has 1 nitrogen and oxygen atoms in total. The molecule has 0 aromatic heterocycles. The summed E-state index contributed by atoms with van der Waals surface area (Å²) < 4.78 is 28.2. The minimum absolute atomic E-state index is 0. The molecular weight excluding hydrogens is 470 g/mol. The van der Waals surface area contributed by atoms with Crippen molar-refractivity contribution >= 4 is 0 Å². The van der Waals surface area contributed by atoms with Crippen LogP contribution in [0.5, 0.6) is 0 Å². The van der Waals surface area contributed by atoms with E-state index in [0.717, 1.165) is 0 Å². The van der Waals surface area contributed by atoms with Crippen molar-refractivity contribution in [1.82, 2.24) is 4.90 Å². The molecule has 113 valence electrons. The Morgan fingerprint density at radius 2 is 1.71 bits per heavy atom. The minimum Gasteiger partial charge on any atom is -0.358 e. The van der Waals surface area contributed by atoms with Gasteiger partial charge >= 0.3 is 6.05 Å². The van der Waals surface area contributed by atoms with E-state index in [4.69, 9.17) is 0 Å². The van der Waals surface area contributed by atoms with E-state index < -0.39 is 12.0 Å². The molecular formula is C13H25F2LrN-2. The van der Waals surface area contributed by atoms with Crippen LogP contribution in [0.3, 0.4) is 0 Å². The van der Waals surface area contributed by atoms with Crippen LogP contribution in [0.25, 0.3) is 0 Å². The van der Waals surface area contributed by atoms with Crippen LogP contribution in [0.15, 0.2) is 0 Å². The molecule has 17 heavy (non-hydrogen) atoms. The topological polar surface area (TPSA) is 3.24 Å². The van der Waals surface area contributed by atoms with E-state index in [9.17, 15) is 8.78 Å². The second-order valence-corrected chi connectivity index (χ2v) is 5.29. The molecule has 0 amide bonds. The van der Waals surface area contributed by atoms with Gasteiger partial charge in [-0.15, -0.1) is 0 Å². The number of piperidine rings is 1. The predicted molar refractivity (Wildman–Crippen MR) is 65.0 cm³/mol. The Hall–Kier alpha value is -1.18. The molecule has 1 saturated heterocycles. The Labute approximate surface area is 99.2 Å². The molecule has 0 spiro atoms. The SMILES string of the molecule is [CH2-]C1CC(C(C)C)C(F)(F)N(C(C)C)C1.[CH3-].[Lr]. The fraction of sp³-hybridized carbons (Fsp3) is 0.846. The molecule has 2 unspecified atom stereocenters. The summed E-state index contributed by atoms with van der Waals surface area (Å²) in [5.41, 5.74) is 0. The van der Waals surface area contributed by atoms with Crippen LogP contribution < -0.4 is 0 Å². The summed E-state index contributed by atoms with van der Waals surface area (Å²) in [6, 6.07) is -2.79. The van der Waals surface area contributed by atoms with Crippen molar-refractivity contribution < 1.29 is 8.78 Å². The second-order valence-electron chi connectivity index (χ2n) is 5.29.